The number of sulfone groups is 1. The molecular formula is C17H23NO4S. The number of rotatable bonds is 4. The van der Waals surface area contributed by atoms with Crippen LogP contribution in [0.15, 0.2) is 24.3 Å². The fourth-order valence-electron chi connectivity index (χ4n) is 3.27. The molecule has 23 heavy (non-hydrogen) atoms. The highest BCUT2D eigenvalue weighted by molar-refractivity contribution is 7.91. The molecule has 1 heterocycles. The zero-order valence-corrected chi connectivity index (χ0v) is 14.1. The molecule has 2 aliphatic rings. The van der Waals surface area contributed by atoms with Crippen molar-refractivity contribution in [1.82, 2.24) is 4.90 Å². The SMILES string of the molecule is O=C(OCCN1CCS(=O)(=O)CC1)C1CCc2ccccc2C1. The Balaban J connectivity index is 1.42. The topological polar surface area (TPSA) is 63.7 Å². The lowest BCUT2D eigenvalue weighted by atomic mass is 9.84. The van der Waals surface area contributed by atoms with E-state index in [1.54, 1.807) is 0 Å². The molecule has 1 aliphatic heterocycles. The summed E-state index contributed by atoms with van der Waals surface area (Å²) < 4.78 is 28.2. The van der Waals surface area contributed by atoms with E-state index in [9.17, 15) is 13.2 Å². The molecule has 0 saturated carbocycles. The van der Waals surface area contributed by atoms with E-state index in [0.717, 1.165) is 19.3 Å². The molecule has 0 N–H and O–H groups in total. The summed E-state index contributed by atoms with van der Waals surface area (Å²) >= 11 is 0. The number of nitrogens with zero attached hydrogens (tertiary/aromatic N) is 1. The molecule has 0 aromatic heterocycles. The van der Waals surface area contributed by atoms with Crippen LogP contribution in [0.3, 0.4) is 0 Å². The first-order chi connectivity index (χ1) is 11.0. The molecule has 1 atom stereocenters. The number of benzene rings is 1. The zero-order chi connectivity index (χ0) is 16.3. The van der Waals surface area contributed by atoms with Crippen molar-refractivity contribution in [3.05, 3.63) is 35.4 Å². The molecule has 1 aliphatic carbocycles. The molecule has 6 heteroatoms. The summed E-state index contributed by atoms with van der Waals surface area (Å²) in [4.78, 5) is 14.3. The standard InChI is InChI=1S/C17H23NO4S/c19-17(16-6-5-14-3-1-2-4-15(14)13-16)22-10-7-18-8-11-23(20,21)12-9-18/h1-4,16H,5-13H2. The molecule has 1 aromatic rings. The quantitative estimate of drug-likeness (QED) is 0.769. The van der Waals surface area contributed by atoms with Gasteiger partial charge in [0, 0.05) is 19.6 Å². The minimum atomic E-state index is -2.85. The van der Waals surface area contributed by atoms with Crippen LogP contribution >= 0.6 is 0 Å². The average Bonchev–Trinajstić information content (AvgIpc) is 2.56. The van der Waals surface area contributed by atoms with Crippen LogP contribution in [0.1, 0.15) is 17.5 Å². The van der Waals surface area contributed by atoms with Crippen molar-refractivity contribution in [2.75, 3.05) is 37.7 Å². The van der Waals surface area contributed by atoms with Crippen LogP contribution in [0.25, 0.3) is 0 Å². The van der Waals surface area contributed by atoms with Crippen molar-refractivity contribution in [2.24, 2.45) is 5.92 Å². The van der Waals surface area contributed by atoms with E-state index >= 15 is 0 Å². The average molecular weight is 337 g/mol. The summed E-state index contributed by atoms with van der Waals surface area (Å²) in [5, 5.41) is 0. The minimum absolute atomic E-state index is 0.0494. The predicted molar refractivity (Wildman–Crippen MR) is 88.0 cm³/mol. The smallest absolute Gasteiger partial charge is 0.309 e. The fraction of sp³-hybridized carbons (Fsp3) is 0.588. The third kappa shape index (κ3) is 4.32. The van der Waals surface area contributed by atoms with Gasteiger partial charge in [-0.05, 0) is 30.4 Å². The van der Waals surface area contributed by atoms with Gasteiger partial charge in [0.05, 0.1) is 17.4 Å². The lowest BCUT2D eigenvalue weighted by Gasteiger charge is -2.27. The minimum Gasteiger partial charge on any atom is -0.464 e. The maximum absolute atomic E-state index is 12.2. The van der Waals surface area contributed by atoms with Crippen LogP contribution < -0.4 is 0 Å². The number of aryl methyl sites for hydroxylation is 1. The highest BCUT2D eigenvalue weighted by Crippen LogP contribution is 2.26. The highest BCUT2D eigenvalue weighted by atomic mass is 32.2. The number of carbonyl (C=O) groups excluding carboxylic acids is 1. The van der Waals surface area contributed by atoms with Gasteiger partial charge < -0.3 is 4.74 Å². The van der Waals surface area contributed by atoms with Crippen molar-refractivity contribution < 1.29 is 17.9 Å². The molecule has 1 fully saturated rings. The number of carbonyl (C=O) groups is 1. The van der Waals surface area contributed by atoms with E-state index in [1.807, 2.05) is 17.0 Å². The first-order valence-corrected chi connectivity index (χ1v) is 10.0. The van der Waals surface area contributed by atoms with Crippen molar-refractivity contribution in [3.8, 4) is 0 Å². The Labute approximate surface area is 137 Å². The normalized spacial score (nSPS) is 23.9. The summed E-state index contributed by atoms with van der Waals surface area (Å²) in [6.07, 6.45) is 2.54. The van der Waals surface area contributed by atoms with Gasteiger partial charge in [-0.2, -0.15) is 0 Å². The number of fused-ring (bicyclic) bond motifs is 1. The second-order valence-electron chi connectivity index (χ2n) is 6.37. The number of hydrogen-bond acceptors (Lipinski definition) is 5. The molecule has 3 rings (SSSR count). The van der Waals surface area contributed by atoms with Crippen LogP contribution in [0, 0.1) is 5.92 Å². The van der Waals surface area contributed by atoms with Crippen molar-refractivity contribution in [2.45, 2.75) is 19.3 Å². The van der Waals surface area contributed by atoms with Gasteiger partial charge >= 0.3 is 5.97 Å². The van der Waals surface area contributed by atoms with Crippen LogP contribution in [0.4, 0.5) is 0 Å². The second-order valence-corrected chi connectivity index (χ2v) is 8.67. The van der Waals surface area contributed by atoms with Gasteiger partial charge in [-0.15, -0.1) is 0 Å². The lowest BCUT2D eigenvalue weighted by molar-refractivity contribution is -0.149. The van der Waals surface area contributed by atoms with Crippen molar-refractivity contribution >= 4 is 15.8 Å². The Morgan fingerprint density at radius 2 is 1.87 bits per heavy atom. The Hall–Kier alpha value is -1.40. The second kappa shape index (κ2) is 7.01. The van der Waals surface area contributed by atoms with E-state index in [-0.39, 0.29) is 23.4 Å². The van der Waals surface area contributed by atoms with Crippen molar-refractivity contribution in [3.63, 3.8) is 0 Å². The molecule has 1 saturated heterocycles. The van der Waals surface area contributed by atoms with E-state index in [0.29, 0.717) is 26.2 Å². The predicted octanol–water partition coefficient (Wildman–Crippen LogP) is 1.07. The highest BCUT2D eigenvalue weighted by Gasteiger charge is 2.26. The molecule has 1 unspecified atom stereocenters. The zero-order valence-electron chi connectivity index (χ0n) is 13.2. The van der Waals surface area contributed by atoms with E-state index < -0.39 is 9.84 Å². The van der Waals surface area contributed by atoms with Crippen molar-refractivity contribution in [1.29, 1.82) is 0 Å². The molecule has 0 radical (unpaired) electrons. The third-order valence-electron chi connectivity index (χ3n) is 4.77. The van der Waals surface area contributed by atoms with E-state index in [1.165, 1.54) is 11.1 Å². The summed E-state index contributed by atoms with van der Waals surface area (Å²) in [5.74, 6) is 0.247. The van der Waals surface area contributed by atoms with Gasteiger partial charge in [0.15, 0.2) is 9.84 Å². The molecular weight excluding hydrogens is 314 g/mol. The molecule has 0 bridgehead atoms. The Morgan fingerprint density at radius 1 is 1.17 bits per heavy atom. The Kier molecular flexibility index (Phi) is 5.02. The van der Waals surface area contributed by atoms with Gasteiger partial charge in [-0.1, -0.05) is 24.3 Å². The van der Waals surface area contributed by atoms with Gasteiger partial charge in [-0.3, -0.25) is 9.69 Å². The Bertz CT molecular complexity index is 657. The summed E-state index contributed by atoms with van der Waals surface area (Å²) in [5.41, 5.74) is 2.59. The fourth-order valence-corrected chi connectivity index (χ4v) is 4.54. The van der Waals surface area contributed by atoms with E-state index in [4.69, 9.17) is 4.74 Å². The molecule has 126 valence electrons. The number of hydrogen-bond donors (Lipinski definition) is 0. The van der Waals surface area contributed by atoms with Crippen LogP contribution in [-0.2, 0) is 32.2 Å². The number of ether oxygens (including phenoxy) is 1. The monoisotopic (exact) mass is 337 g/mol. The maximum atomic E-state index is 12.2. The summed E-state index contributed by atoms with van der Waals surface area (Å²) in [7, 11) is -2.85. The van der Waals surface area contributed by atoms with Crippen LogP contribution in [-0.4, -0.2) is 57.0 Å². The summed E-state index contributed by atoms with van der Waals surface area (Å²) in [6.45, 7) is 2.04. The Morgan fingerprint density at radius 3 is 2.61 bits per heavy atom. The van der Waals surface area contributed by atoms with Crippen LogP contribution in [0.5, 0.6) is 0 Å². The lowest BCUT2D eigenvalue weighted by Crippen LogP contribution is -2.42. The van der Waals surface area contributed by atoms with E-state index in [2.05, 4.69) is 12.1 Å². The molecule has 0 spiro atoms. The molecule has 0 amide bonds. The third-order valence-corrected chi connectivity index (χ3v) is 6.38. The molecule has 1 aromatic carbocycles. The molecule has 5 nitrogen and oxygen atoms in total. The van der Waals surface area contributed by atoms with Gasteiger partial charge in [-0.25, -0.2) is 8.42 Å². The van der Waals surface area contributed by atoms with Gasteiger partial charge in [0.2, 0.25) is 0 Å². The van der Waals surface area contributed by atoms with Gasteiger partial charge in [0.25, 0.3) is 0 Å². The first-order valence-electron chi connectivity index (χ1n) is 8.20. The largest absolute Gasteiger partial charge is 0.464 e. The van der Waals surface area contributed by atoms with Crippen LogP contribution in [0.2, 0.25) is 0 Å². The summed E-state index contributed by atoms with van der Waals surface area (Å²) in [6, 6.07) is 8.26. The van der Waals surface area contributed by atoms with Gasteiger partial charge in [0.1, 0.15) is 6.61 Å². The maximum Gasteiger partial charge on any atom is 0.309 e. The number of esters is 1. The first kappa shape index (κ1) is 16.5.